The topological polar surface area (TPSA) is 55.1 Å². The molecule has 0 aliphatic heterocycles. The minimum absolute atomic E-state index is 0.108. The summed E-state index contributed by atoms with van der Waals surface area (Å²) in [5, 5.41) is 6.74. The Labute approximate surface area is 95.4 Å². The minimum atomic E-state index is -0.108. The number of rotatable bonds is 2. The lowest BCUT2D eigenvalue weighted by molar-refractivity contribution is 0.0924. The molecule has 4 heteroatoms. The highest BCUT2D eigenvalue weighted by molar-refractivity contribution is 5.92. The Kier molecular flexibility index (Phi) is 3.59. The van der Waals surface area contributed by atoms with E-state index in [1.165, 1.54) is 25.7 Å². The molecule has 0 bridgehead atoms. The highest BCUT2D eigenvalue weighted by Crippen LogP contribution is 2.17. The molecule has 88 valence electrons. The zero-order valence-electron chi connectivity index (χ0n) is 9.66. The molecule has 0 radical (unpaired) electrons. The van der Waals surface area contributed by atoms with Crippen LogP contribution >= 0.6 is 0 Å². The second-order valence-electron chi connectivity index (χ2n) is 4.48. The molecular formula is C12H18N2O2. The van der Waals surface area contributed by atoms with Crippen LogP contribution in [0.1, 0.15) is 54.8 Å². The summed E-state index contributed by atoms with van der Waals surface area (Å²) in [7, 11) is 0. The third-order valence-corrected chi connectivity index (χ3v) is 3.05. The highest BCUT2D eigenvalue weighted by atomic mass is 16.5. The first-order valence-corrected chi connectivity index (χ1v) is 6.00. The average Bonchev–Trinajstić information content (AvgIpc) is 2.54. The first-order chi connectivity index (χ1) is 7.75. The Morgan fingerprint density at radius 3 is 2.62 bits per heavy atom. The third-order valence-electron chi connectivity index (χ3n) is 3.05. The second-order valence-corrected chi connectivity index (χ2v) is 4.48. The molecule has 0 unspecified atom stereocenters. The van der Waals surface area contributed by atoms with Gasteiger partial charge in [0.25, 0.3) is 5.91 Å². The Hall–Kier alpha value is -1.32. The van der Waals surface area contributed by atoms with E-state index in [0.717, 1.165) is 12.8 Å². The number of carbonyl (C=O) groups is 1. The van der Waals surface area contributed by atoms with Crippen LogP contribution in [0.3, 0.4) is 0 Å². The standard InChI is InChI=1S/C12H18N2O2/c1-9-8-11(14-16-9)12(15)13-10-6-4-2-3-5-7-10/h8,10H,2-7H2,1H3,(H,13,15). The van der Waals surface area contributed by atoms with Gasteiger partial charge in [0, 0.05) is 12.1 Å². The zero-order chi connectivity index (χ0) is 11.4. The lowest BCUT2D eigenvalue weighted by Crippen LogP contribution is -2.34. The monoisotopic (exact) mass is 222 g/mol. The SMILES string of the molecule is Cc1cc(C(=O)NC2CCCCCC2)no1. The van der Waals surface area contributed by atoms with Crippen LogP contribution in [0.2, 0.25) is 0 Å². The number of hydrogen-bond donors (Lipinski definition) is 1. The summed E-state index contributed by atoms with van der Waals surface area (Å²) < 4.78 is 4.89. The summed E-state index contributed by atoms with van der Waals surface area (Å²) in [6.07, 6.45) is 7.17. The predicted molar refractivity (Wildman–Crippen MR) is 60.2 cm³/mol. The normalized spacial score (nSPS) is 18.1. The molecule has 16 heavy (non-hydrogen) atoms. The van der Waals surface area contributed by atoms with Crippen molar-refractivity contribution in [1.29, 1.82) is 0 Å². The predicted octanol–water partition coefficient (Wildman–Crippen LogP) is 2.44. The van der Waals surface area contributed by atoms with Crippen molar-refractivity contribution in [2.75, 3.05) is 0 Å². The summed E-state index contributed by atoms with van der Waals surface area (Å²) in [6, 6.07) is 1.98. The summed E-state index contributed by atoms with van der Waals surface area (Å²) >= 11 is 0. The molecule has 0 saturated heterocycles. The molecule has 0 atom stereocenters. The van der Waals surface area contributed by atoms with Gasteiger partial charge in [0.15, 0.2) is 5.69 Å². The van der Waals surface area contributed by atoms with E-state index in [2.05, 4.69) is 10.5 Å². The molecule has 0 aromatic carbocycles. The molecular weight excluding hydrogens is 204 g/mol. The van der Waals surface area contributed by atoms with Crippen molar-refractivity contribution >= 4 is 5.91 Å². The molecule has 4 nitrogen and oxygen atoms in total. The van der Waals surface area contributed by atoms with E-state index in [0.29, 0.717) is 17.5 Å². The van der Waals surface area contributed by atoms with Crippen LogP contribution in [0.25, 0.3) is 0 Å². The van der Waals surface area contributed by atoms with Crippen LogP contribution in [0.5, 0.6) is 0 Å². The van der Waals surface area contributed by atoms with Gasteiger partial charge in [-0.15, -0.1) is 0 Å². The van der Waals surface area contributed by atoms with E-state index in [1.54, 1.807) is 13.0 Å². The van der Waals surface area contributed by atoms with Crippen molar-refractivity contribution in [2.45, 2.75) is 51.5 Å². The Bertz CT molecular complexity index is 352. The van der Waals surface area contributed by atoms with Crippen LogP contribution in [0, 0.1) is 6.92 Å². The number of nitrogens with zero attached hydrogens (tertiary/aromatic N) is 1. The maximum absolute atomic E-state index is 11.8. The van der Waals surface area contributed by atoms with E-state index in [-0.39, 0.29) is 5.91 Å². The van der Waals surface area contributed by atoms with Crippen LogP contribution in [0.4, 0.5) is 0 Å². The van der Waals surface area contributed by atoms with Gasteiger partial charge in [0.05, 0.1) is 0 Å². The number of aryl methyl sites for hydroxylation is 1. The van der Waals surface area contributed by atoms with Gasteiger partial charge < -0.3 is 9.84 Å². The Morgan fingerprint density at radius 2 is 2.06 bits per heavy atom. The van der Waals surface area contributed by atoms with Crippen molar-refractivity contribution < 1.29 is 9.32 Å². The number of amides is 1. The van der Waals surface area contributed by atoms with Crippen LogP contribution in [0.15, 0.2) is 10.6 Å². The smallest absolute Gasteiger partial charge is 0.273 e. The second kappa shape index (κ2) is 5.14. The Balaban J connectivity index is 1.90. The van der Waals surface area contributed by atoms with Gasteiger partial charge in [-0.3, -0.25) is 4.79 Å². The van der Waals surface area contributed by atoms with E-state index >= 15 is 0 Å². The van der Waals surface area contributed by atoms with Crippen LogP contribution in [-0.2, 0) is 0 Å². The van der Waals surface area contributed by atoms with Crippen molar-refractivity contribution in [1.82, 2.24) is 10.5 Å². The van der Waals surface area contributed by atoms with Gasteiger partial charge in [0.1, 0.15) is 5.76 Å². The van der Waals surface area contributed by atoms with Crippen LogP contribution < -0.4 is 5.32 Å². The molecule has 2 rings (SSSR count). The van der Waals surface area contributed by atoms with Crippen molar-refractivity contribution in [3.05, 3.63) is 17.5 Å². The fourth-order valence-corrected chi connectivity index (χ4v) is 2.16. The van der Waals surface area contributed by atoms with Gasteiger partial charge in [-0.25, -0.2) is 0 Å². The van der Waals surface area contributed by atoms with E-state index < -0.39 is 0 Å². The quantitative estimate of drug-likeness (QED) is 0.782. The number of aromatic nitrogens is 1. The van der Waals surface area contributed by atoms with E-state index in [1.807, 2.05) is 0 Å². The van der Waals surface area contributed by atoms with Gasteiger partial charge in [-0.2, -0.15) is 0 Å². The van der Waals surface area contributed by atoms with Crippen molar-refractivity contribution in [2.24, 2.45) is 0 Å². The molecule has 1 aliphatic carbocycles. The molecule has 1 amide bonds. The molecule has 1 fully saturated rings. The average molecular weight is 222 g/mol. The zero-order valence-corrected chi connectivity index (χ0v) is 9.66. The molecule has 1 heterocycles. The molecule has 1 aliphatic rings. The molecule has 1 N–H and O–H groups in total. The third kappa shape index (κ3) is 2.84. The maximum atomic E-state index is 11.8. The summed E-state index contributed by atoms with van der Waals surface area (Å²) in [5.74, 6) is 0.565. The lowest BCUT2D eigenvalue weighted by Gasteiger charge is -2.14. The molecule has 1 saturated carbocycles. The highest BCUT2D eigenvalue weighted by Gasteiger charge is 2.17. The van der Waals surface area contributed by atoms with Gasteiger partial charge >= 0.3 is 0 Å². The van der Waals surface area contributed by atoms with Gasteiger partial charge in [0.2, 0.25) is 0 Å². The first-order valence-electron chi connectivity index (χ1n) is 6.00. The summed E-state index contributed by atoms with van der Waals surface area (Å²) in [5.41, 5.74) is 0.391. The molecule has 0 spiro atoms. The largest absolute Gasteiger partial charge is 0.361 e. The first kappa shape index (κ1) is 11.2. The van der Waals surface area contributed by atoms with E-state index in [9.17, 15) is 4.79 Å². The van der Waals surface area contributed by atoms with Crippen LogP contribution in [-0.4, -0.2) is 17.1 Å². The number of nitrogens with one attached hydrogen (secondary N) is 1. The van der Waals surface area contributed by atoms with Crippen molar-refractivity contribution in [3.8, 4) is 0 Å². The number of hydrogen-bond acceptors (Lipinski definition) is 3. The fraction of sp³-hybridized carbons (Fsp3) is 0.667. The molecule has 1 aromatic heterocycles. The van der Waals surface area contributed by atoms with Gasteiger partial charge in [-0.05, 0) is 19.8 Å². The van der Waals surface area contributed by atoms with Gasteiger partial charge in [-0.1, -0.05) is 30.8 Å². The summed E-state index contributed by atoms with van der Waals surface area (Å²) in [6.45, 7) is 1.79. The summed E-state index contributed by atoms with van der Waals surface area (Å²) in [4.78, 5) is 11.8. The minimum Gasteiger partial charge on any atom is -0.361 e. The Morgan fingerprint density at radius 1 is 1.38 bits per heavy atom. The maximum Gasteiger partial charge on any atom is 0.273 e. The lowest BCUT2D eigenvalue weighted by atomic mass is 10.1. The fourth-order valence-electron chi connectivity index (χ4n) is 2.16. The van der Waals surface area contributed by atoms with E-state index in [4.69, 9.17) is 4.52 Å². The molecule has 1 aromatic rings. The number of carbonyl (C=O) groups excluding carboxylic acids is 1. The van der Waals surface area contributed by atoms with Crippen molar-refractivity contribution in [3.63, 3.8) is 0 Å².